The number of ether oxygens (including phenoxy) is 1. The Morgan fingerprint density at radius 1 is 1.06 bits per heavy atom. The Morgan fingerprint density at radius 2 is 1.67 bits per heavy atom. The van der Waals surface area contributed by atoms with Crippen LogP contribution in [0.25, 0.3) is 0 Å². The largest absolute Gasteiger partial charge is 0.507 e. The summed E-state index contributed by atoms with van der Waals surface area (Å²) in [5.74, 6) is 0.0854. The molecule has 0 saturated carbocycles. The van der Waals surface area contributed by atoms with Gasteiger partial charge >= 0.3 is 0 Å². The first kappa shape index (κ1) is 11.9. The average molecular weight is 240 g/mol. The Balaban J connectivity index is 2.46. The molecule has 18 heavy (non-hydrogen) atoms. The van der Waals surface area contributed by atoms with E-state index in [-0.39, 0.29) is 17.1 Å². The van der Waals surface area contributed by atoms with Crippen molar-refractivity contribution in [1.82, 2.24) is 0 Å². The molecule has 0 unspecified atom stereocenters. The first-order chi connectivity index (χ1) is 8.74. The van der Waals surface area contributed by atoms with Crippen LogP contribution in [0.4, 0.5) is 0 Å². The highest BCUT2D eigenvalue weighted by molar-refractivity contribution is 6.12. The zero-order valence-corrected chi connectivity index (χ0v) is 9.67. The first-order valence-corrected chi connectivity index (χ1v) is 5.43. The molecular formula is C15H12O3. The fourth-order valence-corrected chi connectivity index (χ4v) is 1.66. The van der Waals surface area contributed by atoms with Gasteiger partial charge in [-0.2, -0.15) is 0 Å². The van der Waals surface area contributed by atoms with Gasteiger partial charge in [-0.05, 0) is 24.3 Å². The molecule has 0 spiro atoms. The third-order valence-electron chi connectivity index (χ3n) is 2.49. The van der Waals surface area contributed by atoms with Crippen LogP contribution in [0, 0.1) is 0 Å². The van der Waals surface area contributed by atoms with E-state index in [1.54, 1.807) is 42.5 Å². The first-order valence-electron chi connectivity index (χ1n) is 5.43. The van der Waals surface area contributed by atoms with Gasteiger partial charge in [-0.25, -0.2) is 0 Å². The third kappa shape index (κ3) is 2.25. The number of carbonyl (C=O) groups excluding carboxylic acids is 1. The number of benzene rings is 2. The molecule has 0 aromatic heterocycles. The number of aromatic hydroxyl groups is 1. The lowest BCUT2D eigenvalue weighted by molar-refractivity contribution is 0.103. The van der Waals surface area contributed by atoms with Crippen molar-refractivity contribution in [2.24, 2.45) is 0 Å². The van der Waals surface area contributed by atoms with Gasteiger partial charge in [0.2, 0.25) is 0 Å². The van der Waals surface area contributed by atoms with E-state index < -0.39 is 0 Å². The average Bonchev–Trinajstić information content (AvgIpc) is 2.40. The summed E-state index contributed by atoms with van der Waals surface area (Å²) in [6.45, 7) is 3.46. The van der Waals surface area contributed by atoms with E-state index in [0.29, 0.717) is 11.3 Å². The molecule has 3 nitrogen and oxygen atoms in total. The molecule has 1 N–H and O–H groups in total. The summed E-state index contributed by atoms with van der Waals surface area (Å²) in [6, 6.07) is 13.2. The van der Waals surface area contributed by atoms with Crippen LogP contribution in [0.1, 0.15) is 15.9 Å². The summed E-state index contributed by atoms with van der Waals surface area (Å²) in [5, 5.41) is 9.68. The van der Waals surface area contributed by atoms with Gasteiger partial charge in [0, 0.05) is 0 Å². The van der Waals surface area contributed by atoms with Crippen LogP contribution in [0.5, 0.6) is 11.5 Å². The van der Waals surface area contributed by atoms with Crippen molar-refractivity contribution in [3.8, 4) is 11.5 Å². The predicted octanol–water partition coefficient (Wildman–Crippen LogP) is 3.15. The highest BCUT2D eigenvalue weighted by Gasteiger charge is 2.16. The van der Waals surface area contributed by atoms with Gasteiger partial charge in [-0.1, -0.05) is 30.8 Å². The maximum Gasteiger partial charge on any atom is 0.200 e. The van der Waals surface area contributed by atoms with Crippen LogP contribution < -0.4 is 4.74 Å². The van der Waals surface area contributed by atoms with E-state index in [2.05, 4.69) is 6.58 Å². The Hall–Kier alpha value is -2.55. The zero-order chi connectivity index (χ0) is 13.0. The number of rotatable bonds is 4. The molecule has 0 fully saturated rings. The Kier molecular flexibility index (Phi) is 3.44. The highest BCUT2D eigenvalue weighted by atomic mass is 16.5. The van der Waals surface area contributed by atoms with Crippen molar-refractivity contribution in [3.05, 3.63) is 72.5 Å². The molecule has 0 saturated heterocycles. The minimum absolute atomic E-state index is 0.0455. The quantitative estimate of drug-likeness (QED) is 0.659. The monoisotopic (exact) mass is 240 g/mol. The molecule has 2 rings (SSSR count). The number of para-hydroxylation sites is 2. The zero-order valence-electron chi connectivity index (χ0n) is 9.67. The van der Waals surface area contributed by atoms with Gasteiger partial charge in [0.15, 0.2) is 5.78 Å². The standard InChI is InChI=1S/C15H12O3/c1-2-18-14-10-6-4-8-12(14)15(17)11-7-3-5-9-13(11)16/h2-10,16H,1H2. The van der Waals surface area contributed by atoms with Crippen molar-refractivity contribution < 1.29 is 14.6 Å². The van der Waals surface area contributed by atoms with Crippen molar-refractivity contribution in [3.63, 3.8) is 0 Å². The maximum absolute atomic E-state index is 12.3. The lowest BCUT2D eigenvalue weighted by Crippen LogP contribution is -2.03. The van der Waals surface area contributed by atoms with Gasteiger partial charge in [0.1, 0.15) is 11.5 Å². The lowest BCUT2D eigenvalue weighted by atomic mass is 10.0. The van der Waals surface area contributed by atoms with Crippen molar-refractivity contribution in [2.45, 2.75) is 0 Å². The summed E-state index contributed by atoms with van der Waals surface area (Å²) < 4.78 is 5.18. The second-order valence-corrected chi connectivity index (χ2v) is 3.63. The van der Waals surface area contributed by atoms with Crippen LogP contribution in [0.3, 0.4) is 0 Å². The highest BCUT2D eigenvalue weighted by Crippen LogP contribution is 2.25. The van der Waals surface area contributed by atoms with Gasteiger partial charge in [0.25, 0.3) is 0 Å². The van der Waals surface area contributed by atoms with Crippen molar-refractivity contribution in [2.75, 3.05) is 0 Å². The van der Waals surface area contributed by atoms with E-state index in [0.717, 1.165) is 0 Å². The minimum atomic E-state index is -0.287. The van der Waals surface area contributed by atoms with E-state index >= 15 is 0 Å². The van der Waals surface area contributed by atoms with Crippen LogP contribution in [0.15, 0.2) is 61.4 Å². The molecule has 0 aliphatic heterocycles. The summed E-state index contributed by atoms with van der Waals surface area (Å²) in [6.07, 6.45) is 1.26. The van der Waals surface area contributed by atoms with Crippen LogP contribution >= 0.6 is 0 Å². The summed E-state index contributed by atoms with van der Waals surface area (Å²) in [5.41, 5.74) is 0.636. The summed E-state index contributed by atoms with van der Waals surface area (Å²) >= 11 is 0. The van der Waals surface area contributed by atoms with Crippen LogP contribution in [-0.2, 0) is 0 Å². The van der Waals surface area contributed by atoms with E-state index in [4.69, 9.17) is 4.74 Å². The molecule has 0 amide bonds. The molecular weight excluding hydrogens is 228 g/mol. The fourth-order valence-electron chi connectivity index (χ4n) is 1.66. The molecule has 2 aromatic carbocycles. The summed E-state index contributed by atoms with van der Waals surface area (Å²) in [7, 11) is 0. The smallest absolute Gasteiger partial charge is 0.200 e. The van der Waals surface area contributed by atoms with Crippen molar-refractivity contribution >= 4 is 5.78 Å². The van der Waals surface area contributed by atoms with Crippen molar-refractivity contribution in [1.29, 1.82) is 0 Å². The second kappa shape index (κ2) is 5.19. The van der Waals surface area contributed by atoms with Gasteiger partial charge in [-0.15, -0.1) is 0 Å². The number of phenolic OH excluding ortho intramolecular Hbond substituents is 1. The second-order valence-electron chi connectivity index (χ2n) is 3.63. The normalized spacial score (nSPS) is 9.78. The summed E-state index contributed by atoms with van der Waals surface area (Å²) in [4.78, 5) is 12.3. The lowest BCUT2D eigenvalue weighted by Gasteiger charge is -2.08. The molecule has 0 atom stereocenters. The van der Waals surface area contributed by atoms with E-state index in [1.807, 2.05) is 0 Å². The number of hydrogen-bond donors (Lipinski definition) is 1. The Bertz CT molecular complexity index is 588. The molecule has 0 aliphatic rings. The maximum atomic E-state index is 12.3. The predicted molar refractivity (Wildman–Crippen MR) is 68.8 cm³/mol. The van der Waals surface area contributed by atoms with Crippen LogP contribution in [-0.4, -0.2) is 10.9 Å². The Labute approximate surface area is 105 Å². The molecule has 0 bridgehead atoms. The topological polar surface area (TPSA) is 46.5 Å². The van der Waals surface area contributed by atoms with Gasteiger partial charge in [-0.3, -0.25) is 4.79 Å². The molecule has 0 radical (unpaired) electrons. The van der Waals surface area contributed by atoms with Crippen LogP contribution in [0.2, 0.25) is 0 Å². The number of phenols is 1. The molecule has 2 aromatic rings. The number of ketones is 1. The minimum Gasteiger partial charge on any atom is -0.507 e. The molecule has 90 valence electrons. The van der Waals surface area contributed by atoms with Gasteiger partial charge in [0.05, 0.1) is 17.4 Å². The fraction of sp³-hybridized carbons (Fsp3) is 0. The number of hydrogen-bond acceptors (Lipinski definition) is 3. The Morgan fingerprint density at radius 3 is 2.33 bits per heavy atom. The SMILES string of the molecule is C=COc1ccccc1C(=O)c1ccccc1O. The molecule has 0 heterocycles. The molecule has 3 heteroatoms. The molecule has 0 aliphatic carbocycles. The van der Waals surface area contributed by atoms with Gasteiger partial charge < -0.3 is 9.84 Å². The number of carbonyl (C=O) groups is 1. The van der Waals surface area contributed by atoms with E-state index in [1.165, 1.54) is 12.3 Å². The van der Waals surface area contributed by atoms with E-state index in [9.17, 15) is 9.90 Å². The third-order valence-corrected chi connectivity index (χ3v) is 2.49.